The Morgan fingerprint density at radius 2 is 1.95 bits per heavy atom. The molecule has 6 heteroatoms. The molecule has 0 aliphatic heterocycles. The molecule has 0 saturated heterocycles. The maximum absolute atomic E-state index is 12.0. The number of hydrogen-bond acceptors (Lipinski definition) is 4. The minimum absolute atomic E-state index is 0.0875. The van der Waals surface area contributed by atoms with Gasteiger partial charge in [0.1, 0.15) is 4.90 Å². The summed E-state index contributed by atoms with van der Waals surface area (Å²) in [4.78, 5) is 2.25. The second-order valence-electron chi connectivity index (χ2n) is 4.54. The predicted octanol–water partition coefficient (Wildman–Crippen LogP) is 1.19. The van der Waals surface area contributed by atoms with Crippen molar-refractivity contribution in [3.63, 3.8) is 0 Å². The second-order valence-corrected chi connectivity index (χ2v) is 6.39. The molecule has 0 aliphatic carbocycles. The molecule has 0 spiro atoms. The van der Waals surface area contributed by atoms with Crippen molar-refractivity contribution in [1.82, 2.24) is 4.72 Å². The van der Waals surface area contributed by atoms with E-state index in [2.05, 4.69) is 4.72 Å². The second kappa shape index (κ2) is 6.88. The molecular formula is C13H22N2O3S. The van der Waals surface area contributed by atoms with Crippen molar-refractivity contribution >= 4 is 15.7 Å². The van der Waals surface area contributed by atoms with E-state index in [1.807, 2.05) is 24.8 Å². The molecule has 108 valence electrons. The summed E-state index contributed by atoms with van der Waals surface area (Å²) in [7, 11) is -2.08. The number of benzene rings is 1. The first-order valence-corrected chi connectivity index (χ1v) is 7.82. The van der Waals surface area contributed by atoms with E-state index in [-0.39, 0.29) is 17.5 Å². The van der Waals surface area contributed by atoms with E-state index in [9.17, 15) is 8.42 Å². The van der Waals surface area contributed by atoms with Crippen molar-refractivity contribution in [1.29, 1.82) is 0 Å². The molecule has 0 aliphatic rings. The fraction of sp³-hybridized carbons (Fsp3) is 0.538. The Kier molecular flexibility index (Phi) is 5.78. The largest absolute Gasteiger partial charge is 0.396 e. The van der Waals surface area contributed by atoms with Crippen molar-refractivity contribution in [2.45, 2.75) is 31.2 Å². The van der Waals surface area contributed by atoms with Gasteiger partial charge in [0.05, 0.1) is 5.69 Å². The molecule has 5 nitrogen and oxygen atoms in total. The summed E-state index contributed by atoms with van der Waals surface area (Å²) in [5, 5.41) is 8.96. The normalized spacial score (nSPS) is 11.8. The minimum atomic E-state index is -3.49. The third-order valence-corrected chi connectivity index (χ3v) is 4.38. The van der Waals surface area contributed by atoms with Gasteiger partial charge in [-0.25, -0.2) is 13.1 Å². The highest BCUT2D eigenvalue weighted by molar-refractivity contribution is 7.89. The van der Waals surface area contributed by atoms with Crippen LogP contribution in [0.4, 0.5) is 5.69 Å². The van der Waals surface area contributed by atoms with Crippen molar-refractivity contribution in [2.75, 3.05) is 25.1 Å². The Morgan fingerprint density at radius 3 is 2.47 bits per heavy atom. The van der Waals surface area contributed by atoms with Gasteiger partial charge in [-0.3, -0.25) is 0 Å². The molecule has 1 aromatic rings. The van der Waals surface area contributed by atoms with Crippen LogP contribution in [-0.4, -0.2) is 39.8 Å². The lowest BCUT2D eigenvalue weighted by atomic mass is 10.2. The summed E-state index contributed by atoms with van der Waals surface area (Å²) in [6, 6.07) is 7.06. The standard InChI is InChI=1S/C13H22N2O3S/c1-11(2)15(9-6-10-16)12-7-4-5-8-13(12)19(17,18)14-3/h4-5,7-8,11,14,16H,6,9-10H2,1-3H3. The van der Waals surface area contributed by atoms with Crippen molar-refractivity contribution in [2.24, 2.45) is 0 Å². The lowest BCUT2D eigenvalue weighted by Crippen LogP contribution is -2.34. The molecule has 0 unspecified atom stereocenters. The summed E-state index contributed by atoms with van der Waals surface area (Å²) >= 11 is 0. The van der Waals surface area contributed by atoms with Gasteiger partial charge in [0.15, 0.2) is 0 Å². The average Bonchev–Trinajstić information content (AvgIpc) is 2.39. The van der Waals surface area contributed by atoms with E-state index in [1.165, 1.54) is 7.05 Å². The molecule has 0 fully saturated rings. The summed E-state index contributed by atoms with van der Waals surface area (Å²) in [5.74, 6) is 0. The monoisotopic (exact) mass is 286 g/mol. The van der Waals surface area contributed by atoms with Crippen LogP contribution in [-0.2, 0) is 10.0 Å². The Balaban J connectivity index is 3.24. The van der Waals surface area contributed by atoms with Crippen molar-refractivity contribution in [3.8, 4) is 0 Å². The van der Waals surface area contributed by atoms with Crippen LogP contribution >= 0.6 is 0 Å². The van der Waals surface area contributed by atoms with Crippen LogP contribution < -0.4 is 9.62 Å². The van der Waals surface area contributed by atoms with Crippen LogP contribution in [0.25, 0.3) is 0 Å². The number of rotatable bonds is 7. The van der Waals surface area contributed by atoms with E-state index in [4.69, 9.17) is 5.11 Å². The van der Waals surface area contributed by atoms with Crippen LogP contribution in [0.15, 0.2) is 29.2 Å². The van der Waals surface area contributed by atoms with E-state index in [0.29, 0.717) is 18.7 Å². The first kappa shape index (κ1) is 15.9. The van der Waals surface area contributed by atoms with E-state index < -0.39 is 10.0 Å². The van der Waals surface area contributed by atoms with Gasteiger partial charge in [-0.05, 0) is 39.4 Å². The van der Waals surface area contributed by atoms with Gasteiger partial charge in [-0.2, -0.15) is 0 Å². The number of anilines is 1. The van der Waals surface area contributed by atoms with Crippen LogP contribution in [0.5, 0.6) is 0 Å². The number of hydrogen-bond donors (Lipinski definition) is 2. The Bertz CT molecular complexity index is 500. The summed E-state index contributed by atoms with van der Waals surface area (Å²) in [6.45, 7) is 4.70. The maximum Gasteiger partial charge on any atom is 0.242 e. The fourth-order valence-electron chi connectivity index (χ4n) is 1.93. The zero-order chi connectivity index (χ0) is 14.5. The molecule has 0 bridgehead atoms. The number of para-hydroxylation sites is 1. The summed E-state index contributed by atoms with van der Waals surface area (Å²) in [5.41, 5.74) is 0.667. The van der Waals surface area contributed by atoms with Crippen LogP contribution in [0.3, 0.4) is 0 Å². The number of sulfonamides is 1. The van der Waals surface area contributed by atoms with E-state index >= 15 is 0 Å². The first-order chi connectivity index (χ1) is 8.94. The highest BCUT2D eigenvalue weighted by Crippen LogP contribution is 2.26. The zero-order valence-electron chi connectivity index (χ0n) is 11.6. The highest BCUT2D eigenvalue weighted by Gasteiger charge is 2.21. The number of nitrogens with one attached hydrogen (secondary N) is 1. The Hall–Kier alpha value is -1.11. The van der Waals surface area contributed by atoms with Crippen molar-refractivity contribution < 1.29 is 13.5 Å². The first-order valence-electron chi connectivity index (χ1n) is 6.34. The molecule has 0 aromatic heterocycles. The molecule has 2 N–H and O–H groups in total. The molecule has 0 heterocycles. The van der Waals surface area contributed by atoms with Crippen LogP contribution in [0, 0.1) is 0 Å². The zero-order valence-corrected chi connectivity index (χ0v) is 12.4. The van der Waals surface area contributed by atoms with Crippen molar-refractivity contribution in [3.05, 3.63) is 24.3 Å². The van der Waals surface area contributed by atoms with Gasteiger partial charge >= 0.3 is 0 Å². The Morgan fingerprint density at radius 1 is 1.32 bits per heavy atom. The predicted molar refractivity (Wildman–Crippen MR) is 76.9 cm³/mol. The van der Waals surface area contributed by atoms with Crippen LogP contribution in [0.2, 0.25) is 0 Å². The lowest BCUT2D eigenvalue weighted by Gasteiger charge is -2.30. The molecular weight excluding hydrogens is 264 g/mol. The third-order valence-electron chi connectivity index (χ3n) is 2.91. The average molecular weight is 286 g/mol. The number of aliphatic hydroxyl groups excluding tert-OH is 1. The molecule has 19 heavy (non-hydrogen) atoms. The smallest absolute Gasteiger partial charge is 0.242 e. The highest BCUT2D eigenvalue weighted by atomic mass is 32.2. The lowest BCUT2D eigenvalue weighted by molar-refractivity contribution is 0.288. The molecule has 0 amide bonds. The molecule has 1 rings (SSSR count). The molecule has 0 atom stereocenters. The van der Waals surface area contributed by atoms with Gasteiger partial charge in [0.2, 0.25) is 10.0 Å². The third kappa shape index (κ3) is 3.92. The fourth-order valence-corrected chi connectivity index (χ4v) is 2.87. The van der Waals surface area contributed by atoms with Gasteiger partial charge in [0, 0.05) is 19.2 Å². The number of aliphatic hydroxyl groups is 1. The van der Waals surface area contributed by atoms with Gasteiger partial charge in [-0.15, -0.1) is 0 Å². The topological polar surface area (TPSA) is 69.6 Å². The quantitative estimate of drug-likeness (QED) is 0.790. The van der Waals surface area contributed by atoms with Crippen LogP contribution in [0.1, 0.15) is 20.3 Å². The summed E-state index contributed by atoms with van der Waals surface area (Å²) in [6.07, 6.45) is 0.603. The molecule has 1 aromatic carbocycles. The number of nitrogens with zero attached hydrogens (tertiary/aromatic N) is 1. The Labute approximate surface area is 115 Å². The van der Waals surface area contributed by atoms with E-state index in [0.717, 1.165) is 0 Å². The minimum Gasteiger partial charge on any atom is -0.396 e. The van der Waals surface area contributed by atoms with E-state index in [1.54, 1.807) is 18.2 Å². The van der Waals surface area contributed by atoms with Gasteiger partial charge in [-0.1, -0.05) is 12.1 Å². The SMILES string of the molecule is CNS(=O)(=O)c1ccccc1N(CCCO)C(C)C. The molecule has 0 radical (unpaired) electrons. The molecule has 0 saturated carbocycles. The summed E-state index contributed by atoms with van der Waals surface area (Å²) < 4.78 is 26.4. The van der Waals surface area contributed by atoms with Gasteiger partial charge < -0.3 is 10.0 Å². The maximum atomic E-state index is 12.0. The van der Waals surface area contributed by atoms with Gasteiger partial charge in [0.25, 0.3) is 0 Å².